The summed E-state index contributed by atoms with van der Waals surface area (Å²) in [5.41, 5.74) is 1.06. The maximum absolute atomic E-state index is 10.4. The summed E-state index contributed by atoms with van der Waals surface area (Å²) in [6, 6.07) is 5.72. The first-order chi connectivity index (χ1) is 8.65. The fraction of sp³-hybridized carbons (Fsp3) is 0.500. The van der Waals surface area contributed by atoms with E-state index in [2.05, 4.69) is 0 Å². The van der Waals surface area contributed by atoms with Gasteiger partial charge in [0.15, 0.2) is 0 Å². The van der Waals surface area contributed by atoms with Gasteiger partial charge in [-0.25, -0.2) is 0 Å². The van der Waals surface area contributed by atoms with Gasteiger partial charge in [0, 0.05) is 6.42 Å². The molecule has 1 aromatic carbocycles. The fourth-order valence-corrected chi connectivity index (χ4v) is 2.16. The van der Waals surface area contributed by atoms with Crippen LogP contribution in [0.25, 0.3) is 0 Å². The van der Waals surface area contributed by atoms with Crippen molar-refractivity contribution < 1.29 is 14.6 Å². The predicted octanol–water partition coefficient (Wildman–Crippen LogP) is 3.68. The molecule has 4 heteroatoms. The van der Waals surface area contributed by atoms with Crippen molar-refractivity contribution in [3.63, 3.8) is 0 Å². The molecule has 2 rings (SSSR count). The summed E-state index contributed by atoms with van der Waals surface area (Å²) >= 11 is 6.15. The minimum atomic E-state index is -0.758. The highest BCUT2D eigenvalue weighted by Gasteiger charge is 2.20. The first kappa shape index (κ1) is 13.2. The largest absolute Gasteiger partial charge is 0.489 e. The number of halogens is 1. The Hall–Kier alpha value is -1.22. The second-order valence-corrected chi connectivity index (χ2v) is 5.09. The highest BCUT2D eigenvalue weighted by molar-refractivity contribution is 6.32. The molecule has 1 saturated carbocycles. The normalized spacial score (nSPS) is 15.2. The molecule has 18 heavy (non-hydrogen) atoms. The average molecular weight is 269 g/mol. The fourth-order valence-electron chi connectivity index (χ4n) is 1.91. The number of carbonyl (C=O) groups is 1. The molecule has 1 N–H and O–H groups in total. The molecule has 0 aliphatic heterocycles. The molecule has 0 heterocycles. The lowest BCUT2D eigenvalue weighted by Crippen LogP contribution is -2.24. The standard InChI is InChI=1S/C14H17ClO3/c15-12-9-10(3-1-6-14(16)17)7-8-13(12)18-11-4-2-5-11/h7-9,11H,1-6H2,(H,16,17). The smallest absolute Gasteiger partial charge is 0.303 e. The van der Waals surface area contributed by atoms with Crippen LogP contribution in [0.1, 0.15) is 37.7 Å². The van der Waals surface area contributed by atoms with Gasteiger partial charge in [-0.05, 0) is 49.8 Å². The van der Waals surface area contributed by atoms with E-state index in [0.29, 0.717) is 17.5 Å². The van der Waals surface area contributed by atoms with E-state index in [1.807, 2.05) is 18.2 Å². The molecule has 98 valence electrons. The maximum atomic E-state index is 10.4. The Bertz CT molecular complexity index is 427. The van der Waals surface area contributed by atoms with Crippen molar-refractivity contribution in [2.24, 2.45) is 0 Å². The van der Waals surface area contributed by atoms with Gasteiger partial charge in [-0.15, -0.1) is 0 Å². The molecule has 1 aliphatic carbocycles. The SMILES string of the molecule is O=C(O)CCCc1ccc(OC2CCC2)c(Cl)c1. The van der Waals surface area contributed by atoms with Crippen LogP contribution >= 0.6 is 11.6 Å². The zero-order chi connectivity index (χ0) is 13.0. The molecule has 0 amide bonds. The summed E-state index contributed by atoms with van der Waals surface area (Å²) in [5, 5.41) is 9.20. The first-order valence-electron chi connectivity index (χ1n) is 6.32. The zero-order valence-corrected chi connectivity index (χ0v) is 10.9. The summed E-state index contributed by atoms with van der Waals surface area (Å²) in [6.45, 7) is 0. The van der Waals surface area contributed by atoms with Crippen molar-refractivity contribution in [3.05, 3.63) is 28.8 Å². The molecule has 1 fully saturated rings. The number of aryl methyl sites for hydroxylation is 1. The molecule has 1 aromatic rings. The van der Waals surface area contributed by atoms with Crippen molar-refractivity contribution in [2.75, 3.05) is 0 Å². The highest BCUT2D eigenvalue weighted by Crippen LogP contribution is 2.31. The van der Waals surface area contributed by atoms with E-state index in [-0.39, 0.29) is 6.42 Å². The Morgan fingerprint density at radius 3 is 2.78 bits per heavy atom. The van der Waals surface area contributed by atoms with Gasteiger partial charge in [0.25, 0.3) is 0 Å². The second-order valence-electron chi connectivity index (χ2n) is 4.68. The molecule has 3 nitrogen and oxygen atoms in total. The summed E-state index contributed by atoms with van der Waals surface area (Å²) in [7, 11) is 0. The van der Waals surface area contributed by atoms with Crippen LogP contribution in [0.5, 0.6) is 5.75 Å². The Balaban J connectivity index is 1.89. The van der Waals surface area contributed by atoms with Crippen LogP contribution in [0.3, 0.4) is 0 Å². The first-order valence-corrected chi connectivity index (χ1v) is 6.70. The van der Waals surface area contributed by atoms with Crippen molar-refractivity contribution in [1.82, 2.24) is 0 Å². The van der Waals surface area contributed by atoms with Crippen molar-refractivity contribution in [1.29, 1.82) is 0 Å². The van der Waals surface area contributed by atoms with Crippen LogP contribution in [-0.4, -0.2) is 17.2 Å². The Morgan fingerprint density at radius 2 is 2.22 bits per heavy atom. The third kappa shape index (κ3) is 3.64. The molecule has 0 spiro atoms. The number of carboxylic acid groups (broad SMARTS) is 1. The lowest BCUT2D eigenvalue weighted by Gasteiger charge is -2.26. The van der Waals surface area contributed by atoms with Gasteiger partial charge in [-0.1, -0.05) is 17.7 Å². The number of carboxylic acids is 1. The third-order valence-electron chi connectivity index (χ3n) is 3.20. The van der Waals surface area contributed by atoms with Gasteiger partial charge in [-0.2, -0.15) is 0 Å². The topological polar surface area (TPSA) is 46.5 Å². The number of benzene rings is 1. The van der Waals surface area contributed by atoms with E-state index < -0.39 is 5.97 Å². The molecule has 0 radical (unpaired) electrons. The Morgan fingerprint density at radius 1 is 1.44 bits per heavy atom. The number of hydrogen-bond donors (Lipinski definition) is 1. The molecule has 0 saturated heterocycles. The molecule has 0 atom stereocenters. The second kappa shape index (κ2) is 6.10. The van der Waals surface area contributed by atoms with Gasteiger partial charge in [0.1, 0.15) is 5.75 Å². The van der Waals surface area contributed by atoms with Crippen LogP contribution in [0.15, 0.2) is 18.2 Å². The average Bonchev–Trinajstić information content (AvgIpc) is 2.25. The number of hydrogen-bond acceptors (Lipinski definition) is 2. The van der Waals surface area contributed by atoms with Crippen LogP contribution in [0.2, 0.25) is 5.02 Å². The summed E-state index contributed by atoms with van der Waals surface area (Å²) in [6.07, 6.45) is 5.32. The van der Waals surface area contributed by atoms with E-state index in [1.165, 1.54) is 6.42 Å². The Kier molecular flexibility index (Phi) is 4.48. The lowest BCUT2D eigenvalue weighted by atomic mass is 9.96. The minimum absolute atomic E-state index is 0.192. The van der Waals surface area contributed by atoms with Crippen LogP contribution in [-0.2, 0) is 11.2 Å². The zero-order valence-electron chi connectivity index (χ0n) is 10.2. The van der Waals surface area contributed by atoms with Crippen molar-refractivity contribution >= 4 is 17.6 Å². The van der Waals surface area contributed by atoms with Gasteiger partial charge < -0.3 is 9.84 Å². The van der Waals surface area contributed by atoms with Gasteiger partial charge in [-0.3, -0.25) is 4.79 Å². The molecule has 1 aliphatic rings. The molecule has 0 unspecified atom stereocenters. The predicted molar refractivity (Wildman–Crippen MR) is 70.3 cm³/mol. The van der Waals surface area contributed by atoms with E-state index >= 15 is 0 Å². The molecule has 0 aromatic heterocycles. The molecular formula is C14H17ClO3. The van der Waals surface area contributed by atoms with E-state index in [4.69, 9.17) is 21.4 Å². The number of rotatable bonds is 6. The van der Waals surface area contributed by atoms with Crippen molar-refractivity contribution in [3.8, 4) is 5.75 Å². The Labute approximate surface area is 112 Å². The van der Waals surface area contributed by atoms with Crippen LogP contribution in [0.4, 0.5) is 0 Å². The third-order valence-corrected chi connectivity index (χ3v) is 3.49. The lowest BCUT2D eigenvalue weighted by molar-refractivity contribution is -0.137. The maximum Gasteiger partial charge on any atom is 0.303 e. The van der Waals surface area contributed by atoms with Crippen LogP contribution in [0, 0.1) is 0 Å². The molecule has 0 bridgehead atoms. The number of aliphatic carboxylic acids is 1. The van der Waals surface area contributed by atoms with Crippen LogP contribution < -0.4 is 4.74 Å². The van der Waals surface area contributed by atoms with Gasteiger partial charge >= 0.3 is 5.97 Å². The monoisotopic (exact) mass is 268 g/mol. The minimum Gasteiger partial charge on any atom is -0.489 e. The van der Waals surface area contributed by atoms with E-state index in [1.54, 1.807) is 0 Å². The quantitative estimate of drug-likeness (QED) is 0.856. The van der Waals surface area contributed by atoms with Gasteiger partial charge in [0.2, 0.25) is 0 Å². The van der Waals surface area contributed by atoms with E-state index in [0.717, 1.165) is 30.6 Å². The summed E-state index contributed by atoms with van der Waals surface area (Å²) < 4.78 is 5.75. The number of ether oxygens (including phenoxy) is 1. The van der Waals surface area contributed by atoms with E-state index in [9.17, 15) is 4.79 Å². The van der Waals surface area contributed by atoms with Gasteiger partial charge in [0.05, 0.1) is 11.1 Å². The highest BCUT2D eigenvalue weighted by atomic mass is 35.5. The van der Waals surface area contributed by atoms with Crippen molar-refractivity contribution in [2.45, 2.75) is 44.6 Å². The summed E-state index contributed by atoms with van der Waals surface area (Å²) in [4.78, 5) is 10.4. The summed E-state index contributed by atoms with van der Waals surface area (Å²) in [5.74, 6) is -0.0191. The molecular weight excluding hydrogens is 252 g/mol.